The highest BCUT2D eigenvalue weighted by Crippen LogP contribution is 2.32. The van der Waals surface area contributed by atoms with Gasteiger partial charge in [0.15, 0.2) is 0 Å². The van der Waals surface area contributed by atoms with Gasteiger partial charge < -0.3 is 21.1 Å². The van der Waals surface area contributed by atoms with Crippen LogP contribution in [0.25, 0.3) is 0 Å². The van der Waals surface area contributed by atoms with Gasteiger partial charge in [-0.1, -0.05) is 0 Å². The molecule has 22 heavy (non-hydrogen) atoms. The second kappa shape index (κ2) is 6.51. The van der Waals surface area contributed by atoms with E-state index in [9.17, 15) is 5.11 Å². The van der Waals surface area contributed by atoms with Crippen molar-refractivity contribution in [3.63, 3.8) is 0 Å². The second-order valence-corrected chi connectivity index (χ2v) is 5.14. The predicted octanol–water partition coefficient (Wildman–Crippen LogP) is 2.51. The standard InChI is InChI=1S/C16H23N5O/c1-9-13(20-10(2)21-16(9)22)8-12-14(18-4)6-11(17-3)7-15(12)19-5/h6-7,17-19H,8H2,1-5H3,(H,20,21,22). The van der Waals surface area contributed by atoms with Gasteiger partial charge in [0.2, 0.25) is 5.88 Å². The van der Waals surface area contributed by atoms with E-state index in [4.69, 9.17) is 0 Å². The normalized spacial score (nSPS) is 10.4. The largest absolute Gasteiger partial charge is 0.493 e. The summed E-state index contributed by atoms with van der Waals surface area (Å²) >= 11 is 0. The Hall–Kier alpha value is -2.50. The topological polar surface area (TPSA) is 82.1 Å². The quantitative estimate of drug-likeness (QED) is 0.679. The molecule has 2 rings (SSSR count). The molecule has 2 aromatic rings. The molecule has 0 saturated carbocycles. The highest BCUT2D eigenvalue weighted by Gasteiger charge is 2.15. The third-order valence-corrected chi connectivity index (χ3v) is 3.75. The summed E-state index contributed by atoms with van der Waals surface area (Å²) < 4.78 is 0. The summed E-state index contributed by atoms with van der Waals surface area (Å²) in [6.45, 7) is 3.62. The fourth-order valence-corrected chi connectivity index (χ4v) is 2.46. The molecule has 0 aliphatic heterocycles. The van der Waals surface area contributed by atoms with Crippen molar-refractivity contribution in [1.29, 1.82) is 0 Å². The number of aromatic hydroxyl groups is 1. The van der Waals surface area contributed by atoms with Crippen molar-refractivity contribution in [3.8, 4) is 5.88 Å². The third-order valence-electron chi connectivity index (χ3n) is 3.75. The molecule has 118 valence electrons. The van der Waals surface area contributed by atoms with Crippen molar-refractivity contribution in [1.82, 2.24) is 9.97 Å². The minimum atomic E-state index is 0.0476. The molecule has 1 heterocycles. The first-order valence-corrected chi connectivity index (χ1v) is 7.23. The van der Waals surface area contributed by atoms with E-state index in [1.165, 1.54) is 0 Å². The molecular weight excluding hydrogens is 278 g/mol. The summed E-state index contributed by atoms with van der Waals surface area (Å²) in [5.74, 6) is 0.619. The van der Waals surface area contributed by atoms with Gasteiger partial charge in [0.05, 0.1) is 5.69 Å². The average Bonchev–Trinajstić information content (AvgIpc) is 2.51. The number of anilines is 3. The fraction of sp³-hybridized carbons (Fsp3) is 0.375. The van der Waals surface area contributed by atoms with Gasteiger partial charge in [0.25, 0.3) is 0 Å². The van der Waals surface area contributed by atoms with Crippen LogP contribution in [0.5, 0.6) is 5.88 Å². The Morgan fingerprint density at radius 1 is 0.955 bits per heavy atom. The number of hydrogen-bond donors (Lipinski definition) is 4. The van der Waals surface area contributed by atoms with Crippen LogP contribution in [0, 0.1) is 13.8 Å². The molecule has 0 bridgehead atoms. The number of nitrogens with zero attached hydrogens (tertiary/aromatic N) is 2. The molecule has 1 aromatic carbocycles. The number of nitrogens with one attached hydrogen (secondary N) is 3. The van der Waals surface area contributed by atoms with E-state index in [2.05, 4.69) is 38.1 Å². The lowest BCUT2D eigenvalue weighted by molar-refractivity contribution is 0.444. The molecule has 6 heteroatoms. The highest BCUT2D eigenvalue weighted by atomic mass is 16.3. The van der Waals surface area contributed by atoms with Gasteiger partial charge in [-0.2, -0.15) is 4.98 Å². The summed E-state index contributed by atoms with van der Waals surface area (Å²) in [4.78, 5) is 8.47. The summed E-state index contributed by atoms with van der Waals surface area (Å²) in [5.41, 5.74) is 5.71. The molecule has 0 saturated heterocycles. The highest BCUT2D eigenvalue weighted by molar-refractivity contribution is 5.73. The minimum Gasteiger partial charge on any atom is -0.493 e. The predicted molar refractivity (Wildman–Crippen MR) is 91.1 cm³/mol. The molecule has 4 N–H and O–H groups in total. The maximum Gasteiger partial charge on any atom is 0.217 e. The van der Waals surface area contributed by atoms with Crippen LogP contribution in [0.3, 0.4) is 0 Å². The van der Waals surface area contributed by atoms with E-state index in [1.54, 1.807) is 6.92 Å². The lowest BCUT2D eigenvalue weighted by Crippen LogP contribution is -2.07. The molecule has 0 spiro atoms. The van der Waals surface area contributed by atoms with E-state index in [1.807, 2.05) is 28.1 Å². The second-order valence-electron chi connectivity index (χ2n) is 5.14. The van der Waals surface area contributed by atoms with Crippen LogP contribution in [0.4, 0.5) is 17.1 Å². The molecule has 0 aliphatic rings. The van der Waals surface area contributed by atoms with Gasteiger partial charge in [-0.3, -0.25) is 0 Å². The van der Waals surface area contributed by atoms with Gasteiger partial charge >= 0.3 is 0 Å². The van der Waals surface area contributed by atoms with Crippen LogP contribution in [-0.4, -0.2) is 36.2 Å². The number of benzene rings is 1. The number of hydrogen-bond acceptors (Lipinski definition) is 6. The third kappa shape index (κ3) is 3.05. The van der Waals surface area contributed by atoms with Gasteiger partial charge in [-0.05, 0) is 26.0 Å². The van der Waals surface area contributed by atoms with Crippen LogP contribution in [0.1, 0.15) is 22.6 Å². The maximum absolute atomic E-state index is 9.90. The number of aromatic nitrogens is 2. The van der Waals surface area contributed by atoms with Crippen molar-refractivity contribution < 1.29 is 5.11 Å². The summed E-state index contributed by atoms with van der Waals surface area (Å²) in [7, 11) is 5.68. The van der Waals surface area contributed by atoms with Crippen molar-refractivity contribution in [3.05, 3.63) is 34.8 Å². The molecule has 0 aliphatic carbocycles. The van der Waals surface area contributed by atoms with E-state index in [0.717, 1.165) is 28.3 Å². The number of rotatable bonds is 5. The van der Waals surface area contributed by atoms with Gasteiger partial charge in [-0.25, -0.2) is 4.98 Å². The average molecular weight is 301 g/mol. The summed E-state index contributed by atoms with van der Waals surface area (Å²) in [6, 6.07) is 4.11. The lowest BCUT2D eigenvalue weighted by Gasteiger charge is -2.17. The monoisotopic (exact) mass is 301 g/mol. The molecule has 0 radical (unpaired) electrons. The Morgan fingerprint density at radius 2 is 1.55 bits per heavy atom. The van der Waals surface area contributed by atoms with E-state index in [-0.39, 0.29) is 5.88 Å². The van der Waals surface area contributed by atoms with Crippen molar-refractivity contribution in [2.75, 3.05) is 37.1 Å². The Labute approximate surface area is 131 Å². The van der Waals surface area contributed by atoms with Crippen molar-refractivity contribution in [2.45, 2.75) is 20.3 Å². The zero-order valence-electron chi connectivity index (χ0n) is 13.7. The number of aryl methyl sites for hydroxylation is 1. The molecular formula is C16H23N5O. The Morgan fingerprint density at radius 3 is 2.05 bits per heavy atom. The molecule has 1 aromatic heterocycles. The van der Waals surface area contributed by atoms with Crippen LogP contribution in [0.15, 0.2) is 12.1 Å². The zero-order chi connectivity index (χ0) is 16.3. The van der Waals surface area contributed by atoms with Crippen LogP contribution in [0.2, 0.25) is 0 Å². The first-order chi connectivity index (χ1) is 10.5. The Balaban J connectivity index is 2.53. The summed E-state index contributed by atoms with van der Waals surface area (Å²) in [5, 5.41) is 19.5. The van der Waals surface area contributed by atoms with E-state index in [0.29, 0.717) is 17.8 Å². The summed E-state index contributed by atoms with van der Waals surface area (Å²) in [6.07, 6.45) is 0.610. The molecule has 0 amide bonds. The van der Waals surface area contributed by atoms with Gasteiger partial charge in [0.1, 0.15) is 5.82 Å². The molecule has 0 unspecified atom stereocenters. The van der Waals surface area contributed by atoms with Crippen LogP contribution < -0.4 is 16.0 Å². The first kappa shape index (κ1) is 15.9. The fourth-order valence-electron chi connectivity index (χ4n) is 2.46. The van der Waals surface area contributed by atoms with E-state index < -0.39 is 0 Å². The Kier molecular flexibility index (Phi) is 4.70. The zero-order valence-corrected chi connectivity index (χ0v) is 13.7. The Bertz CT molecular complexity index is 659. The minimum absolute atomic E-state index is 0.0476. The molecule has 6 nitrogen and oxygen atoms in total. The van der Waals surface area contributed by atoms with Crippen LogP contribution >= 0.6 is 0 Å². The van der Waals surface area contributed by atoms with Gasteiger partial charge in [-0.15, -0.1) is 0 Å². The molecule has 0 fully saturated rings. The smallest absolute Gasteiger partial charge is 0.217 e. The SMILES string of the molecule is CNc1cc(NC)c(Cc2nc(C)nc(O)c2C)c(NC)c1. The van der Waals surface area contributed by atoms with Gasteiger partial charge in [0, 0.05) is 55.8 Å². The van der Waals surface area contributed by atoms with E-state index >= 15 is 0 Å². The lowest BCUT2D eigenvalue weighted by atomic mass is 10.0. The molecule has 0 atom stereocenters. The maximum atomic E-state index is 9.90. The van der Waals surface area contributed by atoms with Crippen molar-refractivity contribution in [2.24, 2.45) is 0 Å². The van der Waals surface area contributed by atoms with Crippen molar-refractivity contribution >= 4 is 17.1 Å². The van der Waals surface area contributed by atoms with Crippen LogP contribution in [-0.2, 0) is 6.42 Å². The first-order valence-electron chi connectivity index (χ1n) is 7.23.